The van der Waals surface area contributed by atoms with E-state index in [0.717, 1.165) is 17.0 Å². The van der Waals surface area contributed by atoms with Gasteiger partial charge in [0.15, 0.2) is 0 Å². The highest BCUT2D eigenvalue weighted by Crippen LogP contribution is 2.31. The highest BCUT2D eigenvalue weighted by molar-refractivity contribution is 9.10. The maximum Gasteiger partial charge on any atom is 0.273 e. The summed E-state index contributed by atoms with van der Waals surface area (Å²) in [4.78, 5) is 23.8. The Bertz CT molecular complexity index is 991. The van der Waals surface area contributed by atoms with E-state index in [4.69, 9.17) is 5.73 Å². The monoisotopic (exact) mass is 407 g/mol. The van der Waals surface area contributed by atoms with Crippen molar-refractivity contribution in [3.05, 3.63) is 63.8 Å². The van der Waals surface area contributed by atoms with Gasteiger partial charge in [0.1, 0.15) is 17.3 Å². The number of nitrogens with zero attached hydrogens (tertiary/aromatic N) is 1. The molecule has 3 aromatic rings. The first kappa shape index (κ1) is 17.1. The van der Waals surface area contributed by atoms with E-state index in [1.807, 2.05) is 24.3 Å². The van der Waals surface area contributed by atoms with Crippen LogP contribution in [0.4, 0.5) is 14.5 Å². The van der Waals surface area contributed by atoms with Crippen LogP contribution < -0.4 is 11.1 Å². The summed E-state index contributed by atoms with van der Waals surface area (Å²) in [6.07, 6.45) is 0. The van der Waals surface area contributed by atoms with Crippen LogP contribution in [0.1, 0.15) is 20.8 Å². The Morgan fingerprint density at radius 1 is 1.16 bits per heavy atom. The lowest BCUT2D eigenvalue weighted by Gasteiger charge is -2.10. The van der Waals surface area contributed by atoms with Crippen molar-refractivity contribution >= 4 is 44.3 Å². The molecule has 0 atom stereocenters. The van der Waals surface area contributed by atoms with Gasteiger partial charge in [-0.05, 0) is 28.1 Å². The number of nitrogens with two attached hydrogens (primary N) is 1. The number of fused-ring (bicyclic) bond motifs is 1. The molecule has 0 aliphatic heterocycles. The van der Waals surface area contributed by atoms with Crippen molar-refractivity contribution in [1.82, 2.24) is 4.57 Å². The van der Waals surface area contributed by atoms with Crippen LogP contribution >= 0.6 is 15.9 Å². The molecule has 2 amide bonds. The van der Waals surface area contributed by atoms with Crippen LogP contribution in [-0.4, -0.2) is 16.4 Å². The standard InChI is InChI=1S/C17H12BrF2N3O2/c1-23-13-5-3-2-4-8(13)14(18)15(23)17(25)22-12-6-9(16(21)24)10(19)7-11(12)20/h2-7H,1H3,(H2,21,24)(H,22,25). The predicted octanol–water partition coefficient (Wildman–Crippen LogP) is 3.57. The fourth-order valence-corrected chi connectivity index (χ4v) is 3.40. The van der Waals surface area contributed by atoms with Gasteiger partial charge in [0, 0.05) is 24.0 Å². The maximum absolute atomic E-state index is 14.0. The molecule has 0 radical (unpaired) electrons. The normalized spacial score (nSPS) is 10.9. The van der Waals surface area contributed by atoms with Crippen molar-refractivity contribution in [1.29, 1.82) is 0 Å². The molecule has 1 heterocycles. The van der Waals surface area contributed by atoms with Gasteiger partial charge in [-0.2, -0.15) is 0 Å². The third kappa shape index (κ3) is 2.89. The zero-order valence-electron chi connectivity index (χ0n) is 12.9. The highest BCUT2D eigenvalue weighted by Gasteiger charge is 2.21. The fourth-order valence-electron chi connectivity index (χ4n) is 2.61. The van der Waals surface area contributed by atoms with Gasteiger partial charge < -0.3 is 15.6 Å². The average molecular weight is 408 g/mol. The van der Waals surface area contributed by atoms with Gasteiger partial charge in [-0.25, -0.2) is 8.78 Å². The number of para-hydroxylation sites is 1. The number of amides is 2. The van der Waals surface area contributed by atoms with Crippen molar-refractivity contribution in [3.63, 3.8) is 0 Å². The zero-order chi connectivity index (χ0) is 18.3. The van der Waals surface area contributed by atoms with E-state index >= 15 is 0 Å². The summed E-state index contributed by atoms with van der Waals surface area (Å²) in [5.74, 6) is -3.77. The molecule has 0 saturated carbocycles. The SMILES string of the molecule is Cn1c(C(=O)Nc2cc(C(N)=O)c(F)cc2F)c(Br)c2ccccc21. The number of anilines is 1. The lowest BCUT2D eigenvalue weighted by molar-refractivity contribution is 0.0991. The molecule has 3 rings (SSSR count). The van der Waals surface area contributed by atoms with E-state index < -0.39 is 29.0 Å². The highest BCUT2D eigenvalue weighted by atomic mass is 79.9. The molecule has 1 aromatic heterocycles. The number of nitrogens with one attached hydrogen (secondary N) is 1. The maximum atomic E-state index is 14.0. The molecule has 128 valence electrons. The lowest BCUT2D eigenvalue weighted by Crippen LogP contribution is -2.19. The van der Waals surface area contributed by atoms with Crippen LogP contribution in [0, 0.1) is 11.6 Å². The number of carbonyl (C=O) groups excluding carboxylic acids is 2. The van der Waals surface area contributed by atoms with Crippen LogP contribution in [0.5, 0.6) is 0 Å². The topological polar surface area (TPSA) is 77.1 Å². The lowest BCUT2D eigenvalue weighted by atomic mass is 10.1. The van der Waals surface area contributed by atoms with E-state index in [2.05, 4.69) is 21.2 Å². The Labute approximate surface area is 149 Å². The summed E-state index contributed by atoms with van der Waals surface area (Å²) in [6, 6.07) is 8.71. The Hall–Kier alpha value is -2.74. The molecule has 8 heteroatoms. The second kappa shape index (κ2) is 6.29. The van der Waals surface area contributed by atoms with E-state index in [0.29, 0.717) is 10.5 Å². The van der Waals surface area contributed by atoms with E-state index in [1.54, 1.807) is 11.6 Å². The number of benzene rings is 2. The minimum atomic E-state index is -1.09. The largest absolute Gasteiger partial charge is 0.366 e. The van der Waals surface area contributed by atoms with Gasteiger partial charge in [0.25, 0.3) is 11.8 Å². The van der Waals surface area contributed by atoms with Gasteiger partial charge in [0.2, 0.25) is 0 Å². The third-order valence-corrected chi connectivity index (χ3v) is 4.63. The van der Waals surface area contributed by atoms with Crippen LogP contribution in [0.25, 0.3) is 10.9 Å². The summed E-state index contributed by atoms with van der Waals surface area (Å²) >= 11 is 3.37. The molecule has 2 aromatic carbocycles. The first-order valence-corrected chi connectivity index (χ1v) is 7.93. The third-order valence-electron chi connectivity index (χ3n) is 3.83. The summed E-state index contributed by atoms with van der Waals surface area (Å²) in [6.45, 7) is 0. The molecule has 0 spiro atoms. The molecule has 0 fully saturated rings. The van der Waals surface area contributed by atoms with E-state index in [-0.39, 0.29) is 11.4 Å². The molecule has 0 aliphatic carbocycles. The quantitative estimate of drug-likeness (QED) is 0.695. The number of primary amides is 1. The van der Waals surface area contributed by atoms with Crippen molar-refractivity contribution in [2.45, 2.75) is 0 Å². The fraction of sp³-hybridized carbons (Fsp3) is 0.0588. The number of rotatable bonds is 3. The number of aromatic nitrogens is 1. The van der Waals surface area contributed by atoms with Crippen LogP contribution in [0.2, 0.25) is 0 Å². The van der Waals surface area contributed by atoms with Crippen molar-refractivity contribution in [3.8, 4) is 0 Å². The number of aryl methyl sites for hydroxylation is 1. The molecule has 0 saturated heterocycles. The minimum absolute atomic E-state index is 0.255. The number of carbonyl (C=O) groups is 2. The van der Waals surface area contributed by atoms with Gasteiger partial charge >= 0.3 is 0 Å². The molecule has 5 nitrogen and oxygen atoms in total. The van der Waals surface area contributed by atoms with Crippen molar-refractivity contribution in [2.24, 2.45) is 12.8 Å². The van der Waals surface area contributed by atoms with Crippen LogP contribution in [-0.2, 0) is 7.05 Å². The Morgan fingerprint density at radius 3 is 2.48 bits per heavy atom. The van der Waals surface area contributed by atoms with Crippen LogP contribution in [0.15, 0.2) is 40.9 Å². The molecule has 0 unspecified atom stereocenters. The zero-order valence-corrected chi connectivity index (χ0v) is 14.5. The van der Waals surface area contributed by atoms with E-state index in [9.17, 15) is 18.4 Å². The average Bonchev–Trinajstić information content (AvgIpc) is 2.81. The van der Waals surface area contributed by atoms with E-state index in [1.165, 1.54) is 0 Å². The summed E-state index contributed by atoms with van der Waals surface area (Å²) in [7, 11) is 1.69. The summed E-state index contributed by atoms with van der Waals surface area (Å²) in [5.41, 5.74) is 5.26. The Kier molecular flexibility index (Phi) is 4.30. The van der Waals surface area contributed by atoms with Gasteiger partial charge in [-0.3, -0.25) is 9.59 Å². The van der Waals surface area contributed by atoms with Gasteiger partial charge in [0.05, 0.1) is 15.7 Å². The smallest absolute Gasteiger partial charge is 0.273 e. The molecule has 0 aliphatic rings. The molecule has 25 heavy (non-hydrogen) atoms. The molecular weight excluding hydrogens is 396 g/mol. The molecule has 3 N–H and O–H groups in total. The van der Waals surface area contributed by atoms with Crippen LogP contribution in [0.3, 0.4) is 0 Å². The number of halogens is 3. The van der Waals surface area contributed by atoms with Gasteiger partial charge in [-0.15, -0.1) is 0 Å². The Balaban J connectivity index is 2.04. The van der Waals surface area contributed by atoms with Crippen molar-refractivity contribution in [2.75, 3.05) is 5.32 Å². The van der Waals surface area contributed by atoms with Crippen molar-refractivity contribution < 1.29 is 18.4 Å². The first-order valence-electron chi connectivity index (χ1n) is 7.14. The predicted molar refractivity (Wildman–Crippen MR) is 93.4 cm³/mol. The Morgan fingerprint density at radius 2 is 1.84 bits per heavy atom. The minimum Gasteiger partial charge on any atom is -0.366 e. The summed E-state index contributed by atoms with van der Waals surface area (Å²) in [5, 5.41) is 3.16. The molecule has 0 bridgehead atoms. The second-order valence-corrected chi connectivity index (χ2v) is 6.16. The summed E-state index contributed by atoms with van der Waals surface area (Å²) < 4.78 is 29.7. The number of hydrogen-bond donors (Lipinski definition) is 2. The second-order valence-electron chi connectivity index (χ2n) is 5.37. The first-order chi connectivity index (χ1) is 11.8. The number of hydrogen-bond acceptors (Lipinski definition) is 2. The molecular formula is C17H12BrF2N3O2. The van der Waals surface area contributed by atoms with Gasteiger partial charge in [-0.1, -0.05) is 18.2 Å².